The molecule has 0 heterocycles. The Kier molecular flexibility index (Phi) is 13.8. The van der Waals surface area contributed by atoms with Crippen molar-refractivity contribution in [3.8, 4) is 0 Å². The number of rotatable bonds is 14. The lowest BCUT2D eigenvalue weighted by molar-refractivity contribution is -0.115. The maximum absolute atomic E-state index is 10.8. The second-order valence-corrected chi connectivity index (χ2v) is 6.43. The second kappa shape index (κ2) is 13.9. The molecule has 0 aliphatic carbocycles. The third-order valence-electron chi connectivity index (χ3n) is 3.65. The molecular formula is C16H28Cl2O2. The number of hydrogen-bond acceptors (Lipinski definition) is 2. The first kappa shape index (κ1) is 19.9. The Hall–Kier alpha value is -0.0800. The zero-order valence-electron chi connectivity index (χ0n) is 12.6. The van der Waals surface area contributed by atoms with E-state index in [4.69, 9.17) is 23.2 Å². The van der Waals surface area contributed by atoms with Crippen molar-refractivity contribution in [3.05, 3.63) is 0 Å². The van der Waals surface area contributed by atoms with Crippen molar-refractivity contribution >= 4 is 33.7 Å². The zero-order chi connectivity index (χ0) is 15.2. The number of unbranched alkanes of at least 4 members (excludes halogenated alkanes) is 9. The SMILES string of the molecule is CC(CCCCCCCCCCCCC(=O)Cl)C(=O)Cl. The Labute approximate surface area is 133 Å². The summed E-state index contributed by atoms with van der Waals surface area (Å²) in [6.07, 6.45) is 13.4. The molecule has 0 amide bonds. The van der Waals surface area contributed by atoms with E-state index in [-0.39, 0.29) is 16.4 Å². The van der Waals surface area contributed by atoms with Crippen molar-refractivity contribution in [2.24, 2.45) is 5.92 Å². The van der Waals surface area contributed by atoms with Crippen LogP contribution in [0.25, 0.3) is 0 Å². The van der Waals surface area contributed by atoms with Crippen molar-refractivity contribution < 1.29 is 9.59 Å². The fourth-order valence-corrected chi connectivity index (χ4v) is 2.48. The van der Waals surface area contributed by atoms with Gasteiger partial charge in [-0.2, -0.15) is 0 Å². The average Bonchev–Trinajstić information content (AvgIpc) is 2.39. The van der Waals surface area contributed by atoms with Gasteiger partial charge in [-0.15, -0.1) is 0 Å². The Morgan fingerprint density at radius 2 is 1.15 bits per heavy atom. The van der Waals surface area contributed by atoms with Crippen LogP contribution >= 0.6 is 23.2 Å². The van der Waals surface area contributed by atoms with Crippen molar-refractivity contribution in [3.63, 3.8) is 0 Å². The topological polar surface area (TPSA) is 34.1 Å². The minimum absolute atomic E-state index is 0.0107. The van der Waals surface area contributed by atoms with E-state index in [0.29, 0.717) is 6.42 Å². The minimum Gasteiger partial charge on any atom is -0.281 e. The van der Waals surface area contributed by atoms with Crippen LogP contribution < -0.4 is 0 Å². The Morgan fingerprint density at radius 3 is 1.55 bits per heavy atom. The highest BCUT2D eigenvalue weighted by molar-refractivity contribution is 6.64. The summed E-state index contributed by atoms with van der Waals surface area (Å²) in [5.74, 6) is 0.0107. The molecule has 0 bridgehead atoms. The van der Waals surface area contributed by atoms with Crippen LogP contribution in [0.2, 0.25) is 0 Å². The van der Waals surface area contributed by atoms with E-state index in [1.807, 2.05) is 6.92 Å². The van der Waals surface area contributed by atoms with E-state index >= 15 is 0 Å². The number of carbonyl (C=O) groups is 2. The first-order valence-electron chi connectivity index (χ1n) is 7.91. The standard InChI is InChI=1S/C16H28Cl2O2/c1-14(16(18)20)12-10-8-6-4-2-3-5-7-9-11-13-15(17)19/h14H,2-13H2,1H3. The molecule has 118 valence electrons. The number of hydrogen-bond donors (Lipinski definition) is 0. The summed E-state index contributed by atoms with van der Waals surface area (Å²) in [4.78, 5) is 21.4. The zero-order valence-corrected chi connectivity index (χ0v) is 14.1. The van der Waals surface area contributed by atoms with Gasteiger partial charge >= 0.3 is 0 Å². The molecule has 0 aromatic heterocycles. The molecule has 2 nitrogen and oxygen atoms in total. The van der Waals surface area contributed by atoms with Gasteiger partial charge in [-0.3, -0.25) is 9.59 Å². The Bertz CT molecular complexity index is 267. The predicted molar refractivity (Wildman–Crippen MR) is 86.3 cm³/mol. The Morgan fingerprint density at radius 1 is 0.750 bits per heavy atom. The molecule has 0 fully saturated rings. The van der Waals surface area contributed by atoms with Gasteiger partial charge < -0.3 is 0 Å². The predicted octanol–water partition coefficient (Wildman–Crippen LogP) is 5.83. The smallest absolute Gasteiger partial charge is 0.224 e. The highest BCUT2D eigenvalue weighted by Gasteiger charge is 2.08. The van der Waals surface area contributed by atoms with Gasteiger partial charge in [0.2, 0.25) is 10.5 Å². The van der Waals surface area contributed by atoms with E-state index in [2.05, 4.69) is 0 Å². The van der Waals surface area contributed by atoms with Gasteiger partial charge in [-0.25, -0.2) is 0 Å². The monoisotopic (exact) mass is 322 g/mol. The van der Waals surface area contributed by atoms with E-state index in [0.717, 1.165) is 25.7 Å². The van der Waals surface area contributed by atoms with Crippen molar-refractivity contribution in [1.29, 1.82) is 0 Å². The fraction of sp³-hybridized carbons (Fsp3) is 0.875. The maximum Gasteiger partial charge on any atom is 0.224 e. The number of carbonyl (C=O) groups excluding carboxylic acids is 2. The summed E-state index contributed by atoms with van der Waals surface area (Å²) in [6, 6.07) is 0. The largest absolute Gasteiger partial charge is 0.281 e. The summed E-state index contributed by atoms with van der Waals surface area (Å²) in [6.45, 7) is 1.90. The second-order valence-electron chi connectivity index (χ2n) is 5.63. The van der Waals surface area contributed by atoms with Gasteiger partial charge in [0, 0.05) is 12.3 Å². The summed E-state index contributed by atoms with van der Waals surface area (Å²) in [5.41, 5.74) is 0. The molecule has 0 radical (unpaired) electrons. The quantitative estimate of drug-likeness (QED) is 0.297. The van der Waals surface area contributed by atoms with Crippen LogP contribution in [0.1, 0.15) is 84.0 Å². The molecule has 20 heavy (non-hydrogen) atoms. The van der Waals surface area contributed by atoms with Gasteiger partial charge in [0.1, 0.15) is 0 Å². The van der Waals surface area contributed by atoms with Crippen LogP contribution in [0.4, 0.5) is 0 Å². The normalized spacial score (nSPS) is 12.3. The molecule has 0 aliphatic heterocycles. The third-order valence-corrected chi connectivity index (χ3v) is 4.21. The van der Waals surface area contributed by atoms with Crippen molar-refractivity contribution in [1.82, 2.24) is 0 Å². The first-order chi connectivity index (χ1) is 9.54. The molecular weight excluding hydrogens is 295 g/mol. The van der Waals surface area contributed by atoms with Gasteiger partial charge in [0.05, 0.1) is 0 Å². The van der Waals surface area contributed by atoms with Crippen LogP contribution in [0.5, 0.6) is 0 Å². The van der Waals surface area contributed by atoms with Crippen LogP contribution in [0.3, 0.4) is 0 Å². The molecule has 0 saturated carbocycles. The molecule has 0 aromatic carbocycles. The summed E-state index contributed by atoms with van der Waals surface area (Å²) >= 11 is 10.7. The average molecular weight is 323 g/mol. The van der Waals surface area contributed by atoms with E-state index in [1.165, 1.54) is 44.9 Å². The summed E-state index contributed by atoms with van der Waals surface area (Å²) in [7, 11) is 0. The molecule has 0 spiro atoms. The van der Waals surface area contributed by atoms with Crippen LogP contribution in [-0.4, -0.2) is 10.5 Å². The minimum atomic E-state index is -0.213. The molecule has 0 N–H and O–H groups in total. The van der Waals surface area contributed by atoms with E-state index in [1.54, 1.807) is 0 Å². The molecule has 0 aromatic rings. The van der Waals surface area contributed by atoms with Gasteiger partial charge in [0.15, 0.2) is 0 Å². The molecule has 0 rings (SSSR count). The lowest BCUT2D eigenvalue weighted by Crippen LogP contribution is -2.02. The van der Waals surface area contributed by atoms with Crippen LogP contribution in [-0.2, 0) is 9.59 Å². The van der Waals surface area contributed by atoms with Gasteiger partial charge in [-0.05, 0) is 36.0 Å². The highest BCUT2D eigenvalue weighted by atomic mass is 35.5. The van der Waals surface area contributed by atoms with Gasteiger partial charge in [0.25, 0.3) is 0 Å². The summed E-state index contributed by atoms with van der Waals surface area (Å²) in [5, 5.41) is -0.420. The van der Waals surface area contributed by atoms with Crippen LogP contribution in [0.15, 0.2) is 0 Å². The highest BCUT2D eigenvalue weighted by Crippen LogP contribution is 2.15. The molecule has 4 heteroatoms. The molecule has 1 atom stereocenters. The molecule has 1 unspecified atom stereocenters. The van der Waals surface area contributed by atoms with Crippen molar-refractivity contribution in [2.45, 2.75) is 84.0 Å². The van der Waals surface area contributed by atoms with Gasteiger partial charge in [-0.1, -0.05) is 64.7 Å². The number of halogens is 2. The summed E-state index contributed by atoms with van der Waals surface area (Å²) < 4.78 is 0. The Balaban J connectivity index is 3.10. The fourth-order valence-electron chi connectivity index (χ4n) is 2.24. The van der Waals surface area contributed by atoms with E-state index < -0.39 is 0 Å². The van der Waals surface area contributed by atoms with Crippen LogP contribution in [0, 0.1) is 5.92 Å². The molecule has 0 saturated heterocycles. The molecule has 0 aliphatic rings. The maximum atomic E-state index is 10.8. The van der Waals surface area contributed by atoms with Crippen molar-refractivity contribution in [2.75, 3.05) is 0 Å². The lowest BCUT2D eigenvalue weighted by Gasteiger charge is -2.05. The third kappa shape index (κ3) is 14.3. The lowest BCUT2D eigenvalue weighted by atomic mass is 10.0. The van der Waals surface area contributed by atoms with E-state index in [9.17, 15) is 9.59 Å². The first-order valence-corrected chi connectivity index (χ1v) is 8.67.